The Kier molecular flexibility index (Phi) is 6.54. The van der Waals surface area contributed by atoms with Crippen LogP contribution in [0.25, 0.3) is 0 Å². The molecule has 1 aliphatic rings. The van der Waals surface area contributed by atoms with Crippen molar-refractivity contribution in [3.8, 4) is 0 Å². The zero-order valence-corrected chi connectivity index (χ0v) is 12.1. The number of benzene rings is 1. The zero-order chi connectivity index (χ0) is 12.1. The molecule has 1 saturated heterocycles. The van der Waals surface area contributed by atoms with Crippen LogP contribution in [0.15, 0.2) is 29.2 Å². The molecule has 5 heteroatoms. The Bertz CT molecular complexity index is 394. The summed E-state index contributed by atoms with van der Waals surface area (Å²) in [7, 11) is 0. The van der Waals surface area contributed by atoms with Gasteiger partial charge in [-0.2, -0.15) is 0 Å². The van der Waals surface area contributed by atoms with Gasteiger partial charge in [-0.3, -0.25) is 4.79 Å². The van der Waals surface area contributed by atoms with Gasteiger partial charge in [0.25, 0.3) is 0 Å². The van der Waals surface area contributed by atoms with Gasteiger partial charge in [-0.1, -0.05) is 6.07 Å². The van der Waals surface area contributed by atoms with Crippen molar-refractivity contribution in [1.82, 2.24) is 5.32 Å². The number of nitrogens with one attached hydrogen (secondary N) is 2. The lowest BCUT2D eigenvalue weighted by molar-refractivity contribution is -0.116. The molecule has 1 fully saturated rings. The summed E-state index contributed by atoms with van der Waals surface area (Å²) >= 11 is 1.68. The number of hydrogen-bond acceptors (Lipinski definition) is 3. The van der Waals surface area contributed by atoms with Crippen molar-refractivity contribution in [3.05, 3.63) is 24.3 Å². The van der Waals surface area contributed by atoms with Gasteiger partial charge in [0, 0.05) is 23.0 Å². The molecule has 1 unspecified atom stereocenters. The lowest BCUT2D eigenvalue weighted by atomic mass is 10.1. The number of halogens is 1. The number of carbonyl (C=O) groups is 1. The highest BCUT2D eigenvalue weighted by atomic mass is 35.5. The summed E-state index contributed by atoms with van der Waals surface area (Å²) in [4.78, 5) is 13.0. The fourth-order valence-electron chi connectivity index (χ4n) is 2.07. The molecule has 1 aromatic rings. The molecule has 1 heterocycles. The van der Waals surface area contributed by atoms with Crippen molar-refractivity contribution < 1.29 is 4.79 Å². The molecule has 3 nitrogen and oxygen atoms in total. The molecule has 1 amide bonds. The highest BCUT2D eigenvalue weighted by Crippen LogP contribution is 2.19. The van der Waals surface area contributed by atoms with Gasteiger partial charge in [0.15, 0.2) is 0 Å². The molecule has 0 aromatic heterocycles. The molecular formula is C13H19ClN2OS. The van der Waals surface area contributed by atoms with E-state index >= 15 is 0 Å². The van der Waals surface area contributed by atoms with Crippen LogP contribution >= 0.6 is 24.2 Å². The summed E-state index contributed by atoms with van der Waals surface area (Å²) in [5, 5.41) is 6.28. The van der Waals surface area contributed by atoms with Crippen molar-refractivity contribution in [3.63, 3.8) is 0 Å². The first-order chi connectivity index (χ1) is 8.28. The van der Waals surface area contributed by atoms with Crippen LogP contribution in [0.1, 0.15) is 19.3 Å². The highest BCUT2D eigenvalue weighted by molar-refractivity contribution is 7.98. The van der Waals surface area contributed by atoms with E-state index in [0.717, 1.165) is 18.7 Å². The van der Waals surface area contributed by atoms with Crippen LogP contribution in [0.2, 0.25) is 0 Å². The van der Waals surface area contributed by atoms with Crippen LogP contribution in [0.4, 0.5) is 5.69 Å². The summed E-state index contributed by atoms with van der Waals surface area (Å²) in [6.07, 6.45) is 4.89. The van der Waals surface area contributed by atoms with Gasteiger partial charge in [-0.25, -0.2) is 0 Å². The lowest BCUT2D eigenvalue weighted by Crippen LogP contribution is -2.27. The summed E-state index contributed by atoms with van der Waals surface area (Å²) in [5.41, 5.74) is 0.889. The topological polar surface area (TPSA) is 41.1 Å². The first kappa shape index (κ1) is 15.3. The van der Waals surface area contributed by atoms with Crippen molar-refractivity contribution in [2.45, 2.75) is 30.2 Å². The van der Waals surface area contributed by atoms with E-state index < -0.39 is 0 Å². The summed E-state index contributed by atoms with van der Waals surface area (Å²) in [6.45, 7) is 1.04. The van der Waals surface area contributed by atoms with Gasteiger partial charge in [-0.05, 0) is 43.8 Å². The molecular weight excluding hydrogens is 268 g/mol. The van der Waals surface area contributed by atoms with Crippen LogP contribution < -0.4 is 10.6 Å². The van der Waals surface area contributed by atoms with Crippen molar-refractivity contribution in [2.75, 3.05) is 18.1 Å². The number of rotatable bonds is 4. The SMILES string of the molecule is CSc1cccc(NC(=O)CC2CCCN2)c1.Cl. The lowest BCUT2D eigenvalue weighted by Gasteiger charge is -2.10. The molecule has 1 atom stereocenters. The fourth-order valence-corrected chi connectivity index (χ4v) is 2.53. The highest BCUT2D eigenvalue weighted by Gasteiger charge is 2.17. The Hall–Kier alpha value is -0.710. The standard InChI is InChI=1S/C13H18N2OS.ClH/c1-17-12-6-2-4-11(8-12)15-13(16)9-10-5-3-7-14-10;/h2,4,6,8,10,14H,3,5,7,9H2,1H3,(H,15,16);1H. The molecule has 2 rings (SSSR count). The fraction of sp³-hybridized carbons (Fsp3) is 0.462. The Morgan fingerprint density at radius 3 is 3.06 bits per heavy atom. The molecule has 1 aliphatic heterocycles. The van der Waals surface area contributed by atoms with Crippen molar-refractivity contribution >= 4 is 35.8 Å². The van der Waals surface area contributed by atoms with E-state index in [1.807, 2.05) is 30.5 Å². The molecule has 0 aliphatic carbocycles. The second-order valence-corrected chi connectivity index (χ2v) is 5.16. The molecule has 1 aromatic carbocycles. The first-order valence-electron chi connectivity index (χ1n) is 5.95. The van der Waals surface area contributed by atoms with Crippen molar-refractivity contribution in [2.24, 2.45) is 0 Å². The van der Waals surface area contributed by atoms with E-state index in [-0.39, 0.29) is 18.3 Å². The van der Waals surface area contributed by atoms with E-state index in [1.54, 1.807) is 11.8 Å². The second kappa shape index (κ2) is 7.67. The minimum Gasteiger partial charge on any atom is -0.326 e. The Morgan fingerprint density at radius 1 is 1.56 bits per heavy atom. The van der Waals surface area contributed by atoms with Gasteiger partial charge >= 0.3 is 0 Å². The van der Waals surface area contributed by atoms with Gasteiger partial charge in [-0.15, -0.1) is 24.2 Å². The van der Waals surface area contributed by atoms with Crippen LogP contribution in [-0.2, 0) is 4.79 Å². The van der Waals surface area contributed by atoms with Crippen LogP contribution in [0.5, 0.6) is 0 Å². The molecule has 100 valence electrons. The maximum absolute atomic E-state index is 11.8. The maximum atomic E-state index is 11.8. The van der Waals surface area contributed by atoms with E-state index in [2.05, 4.69) is 10.6 Å². The zero-order valence-electron chi connectivity index (χ0n) is 10.4. The number of hydrogen-bond donors (Lipinski definition) is 2. The minimum absolute atomic E-state index is 0. The molecule has 18 heavy (non-hydrogen) atoms. The Morgan fingerprint density at radius 2 is 2.39 bits per heavy atom. The average Bonchev–Trinajstić information content (AvgIpc) is 2.82. The summed E-state index contributed by atoms with van der Waals surface area (Å²) in [6, 6.07) is 8.30. The van der Waals surface area contributed by atoms with E-state index in [0.29, 0.717) is 12.5 Å². The molecule has 2 N–H and O–H groups in total. The number of carbonyl (C=O) groups excluding carboxylic acids is 1. The molecule has 0 saturated carbocycles. The summed E-state index contributed by atoms with van der Waals surface area (Å²) < 4.78 is 0. The van der Waals surface area contributed by atoms with Crippen LogP contribution in [0.3, 0.4) is 0 Å². The quantitative estimate of drug-likeness (QED) is 0.836. The predicted octanol–water partition coefficient (Wildman–Crippen LogP) is 2.91. The van der Waals surface area contributed by atoms with Gasteiger partial charge in [0.05, 0.1) is 0 Å². The number of thioether (sulfide) groups is 1. The third-order valence-corrected chi connectivity index (χ3v) is 3.67. The number of amides is 1. The number of anilines is 1. The molecule has 0 spiro atoms. The maximum Gasteiger partial charge on any atom is 0.225 e. The normalized spacial score (nSPS) is 18.2. The van der Waals surface area contributed by atoms with Gasteiger partial charge in [0.2, 0.25) is 5.91 Å². The first-order valence-corrected chi connectivity index (χ1v) is 7.17. The molecule has 0 bridgehead atoms. The summed E-state index contributed by atoms with van der Waals surface area (Å²) in [5.74, 6) is 0.0997. The largest absolute Gasteiger partial charge is 0.326 e. The van der Waals surface area contributed by atoms with Crippen molar-refractivity contribution in [1.29, 1.82) is 0 Å². The van der Waals surface area contributed by atoms with E-state index in [9.17, 15) is 4.79 Å². The van der Waals surface area contributed by atoms with Gasteiger partial charge < -0.3 is 10.6 Å². The van der Waals surface area contributed by atoms with E-state index in [4.69, 9.17) is 0 Å². The molecule has 0 radical (unpaired) electrons. The monoisotopic (exact) mass is 286 g/mol. The third kappa shape index (κ3) is 4.52. The van der Waals surface area contributed by atoms with Crippen LogP contribution in [0, 0.1) is 0 Å². The smallest absolute Gasteiger partial charge is 0.225 e. The van der Waals surface area contributed by atoms with Gasteiger partial charge in [0.1, 0.15) is 0 Å². The third-order valence-electron chi connectivity index (χ3n) is 2.95. The second-order valence-electron chi connectivity index (χ2n) is 4.28. The van der Waals surface area contributed by atoms with Crippen LogP contribution in [-0.4, -0.2) is 24.7 Å². The average molecular weight is 287 g/mol. The van der Waals surface area contributed by atoms with E-state index in [1.165, 1.54) is 11.3 Å². The Balaban J connectivity index is 0.00000162. The predicted molar refractivity (Wildman–Crippen MR) is 79.7 cm³/mol. The Labute approximate surface area is 119 Å². The minimum atomic E-state index is 0.